The molecule has 1 amide bonds. The average Bonchev–Trinajstić information content (AvgIpc) is 2.58. The van der Waals surface area contributed by atoms with Crippen molar-refractivity contribution in [3.63, 3.8) is 0 Å². The summed E-state index contributed by atoms with van der Waals surface area (Å²) in [5.41, 5.74) is 2.56. The minimum atomic E-state index is -3.64. The zero-order valence-electron chi connectivity index (χ0n) is 15.8. The first-order valence-corrected chi connectivity index (χ1v) is 10.6. The van der Waals surface area contributed by atoms with Crippen LogP contribution in [0.1, 0.15) is 32.4 Å². The number of nitrogens with zero attached hydrogens (tertiary/aromatic N) is 1. The summed E-state index contributed by atoms with van der Waals surface area (Å²) in [5.74, 6) is 0.280. The lowest BCUT2D eigenvalue weighted by Crippen LogP contribution is -2.48. The number of fused-ring (bicyclic) bond motifs is 1. The number of rotatable bonds is 4. The molecule has 3 rings (SSSR count). The van der Waals surface area contributed by atoms with Crippen molar-refractivity contribution in [1.29, 1.82) is 0 Å². The number of hydrogen-bond donors (Lipinski definition) is 1. The summed E-state index contributed by atoms with van der Waals surface area (Å²) in [4.78, 5) is 14.0. The average molecular weight is 388 g/mol. The first kappa shape index (κ1) is 19.2. The summed E-state index contributed by atoms with van der Waals surface area (Å²) < 4.78 is 28.1. The van der Waals surface area contributed by atoms with Crippen molar-refractivity contribution >= 4 is 27.4 Å². The Morgan fingerprint density at radius 1 is 1.11 bits per heavy atom. The van der Waals surface area contributed by atoms with Crippen molar-refractivity contribution in [2.75, 3.05) is 16.5 Å². The molecule has 0 fully saturated rings. The Kier molecular flexibility index (Phi) is 5.15. The Labute approximate surface area is 160 Å². The number of nitrogens with one attached hydrogen (secondary N) is 1. The van der Waals surface area contributed by atoms with Gasteiger partial charge in [-0.25, -0.2) is 0 Å². The van der Waals surface area contributed by atoms with E-state index in [-0.39, 0.29) is 29.7 Å². The van der Waals surface area contributed by atoms with Crippen molar-refractivity contribution in [3.05, 3.63) is 54.1 Å². The molecule has 1 aliphatic heterocycles. The SMILES string of the molecule is CC(=O)N1c2ccc(OS(C)(=O)=O)cc2[C@H](Nc2ccccc2)[C@@H](C)[C@@H]1C. The third-order valence-corrected chi connectivity index (χ3v) is 5.47. The minimum Gasteiger partial charge on any atom is -0.383 e. The molecular formula is C20H24N2O4S. The van der Waals surface area contributed by atoms with Crippen molar-refractivity contribution in [1.82, 2.24) is 0 Å². The molecule has 0 spiro atoms. The highest BCUT2D eigenvalue weighted by atomic mass is 32.2. The molecule has 2 aromatic rings. The van der Waals surface area contributed by atoms with Gasteiger partial charge in [-0.05, 0) is 37.3 Å². The van der Waals surface area contributed by atoms with Crippen LogP contribution in [0.2, 0.25) is 0 Å². The van der Waals surface area contributed by atoms with Crippen LogP contribution in [0.5, 0.6) is 5.75 Å². The Balaban J connectivity index is 2.10. The molecular weight excluding hydrogens is 364 g/mol. The normalized spacial score (nSPS) is 22.1. The van der Waals surface area contributed by atoms with Crippen molar-refractivity contribution < 1.29 is 17.4 Å². The molecule has 0 radical (unpaired) electrons. The fourth-order valence-corrected chi connectivity index (χ4v) is 4.08. The lowest BCUT2D eigenvalue weighted by Gasteiger charge is -2.44. The van der Waals surface area contributed by atoms with Gasteiger partial charge in [0.2, 0.25) is 5.91 Å². The van der Waals surface area contributed by atoms with E-state index in [2.05, 4.69) is 12.2 Å². The third kappa shape index (κ3) is 4.08. The maximum atomic E-state index is 12.3. The monoisotopic (exact) mass is 388 g/mol. The van der Waals surface area contributed by atoms with Gasteiger partial charge >= 0.3 is 10.1 Å². The highest BCUT2D eigenvalue weighted by molar-refractivity contribution is 7.86. The summed E-state index contributed by atoms with van der Waals surface area (Å²) in [7, 11) is -3.64. The van der Waals surface area contributed by atoms with Crippen LogP contribution in [-0.2, 0) is 14.9 Å². The fraction of sp³-hybridized carbons (Fsp3) is 0.350. The van der Waals surface area contributed by atoms with Crippen LogP contribution in [0.3, 0.4) is 0 Å². The van der Waals surface area contributed by atoms with Gasteiger partial charge in [0.05, 0.1) is 12.3 Å². The third-order valence-electron chi connectivity index (χ3n) is 4.97. The van der Waals surface area contributed by atoms with Crippen molar-refractivity contribution in [2.45, 2.75) is 32.9 Å². The van der Waals surface area contributed by atoms with Crippen molar-refractivity contribution in [2.24, 2.45) is 5.92 Å². The van der Waals surface area contributed by atoms with Crippen LogP contribution in [0, 0.1) is 5.92 Å². The van der Waals surface area contributed by atoms with E-state index in [0.717, 1.165) is 23.2 Å². The number of carbonyl (C=O) groups excluding carboxylic acids is 1. The zero-order valence-corrected chi connectivity index (χ0v) is 16.7. The van der Waals surface area contributed by atoms with Gasteiger partial charge in [0, 0.05) is 35.8 Å². The van der Waals surface area contributed by atoms with Crippen LogP contribution < -0.4 is 14.4 Å². The molecule has 27 heavy (non-hydrogen) atoms. The molecule has 1 heterocycles. The maximum absolute atomic E-state index is 12.3. The smallest absolute Gasteiger partial charge is 0.306 e. The first-order chi connectivity index (χ1) is 12.7. The molecule has 7 heteroatoms. The molecule has 1 aliphatic rings. The van der Waals surface area contributed by atoms with E-state index in [0.29, 0.717) is 0 Å². The highest BCUT2D eigenvalue weighted by Gasteiger charge is 2.38. The summed E-state index contributed by atoms with van der Waals surface area (Å²) in [6, 6.07) is 14.7. The summed E-state index contributed by atoms with van der Waals surface area (Å²) in [6.07, 6.45) is 1.01. The van der Waals surface area contributed by atoms with E-state index >= 15 is 0 Å². The molecule has 0 aromatic heterocycles. The lowest BCUT2D eigenvalue weighted by atomic mass is 9.82. The summed E-state index contributed by atoms with van der Waals surface area (Å²) >= 11 is 0. The molecule has 0 aliphatic carbocycles. The molecule has 144 valence electrons. The molecule has 2 aromatic carbocycles. The predicted octanol–water partition coefficient (Wildman–Crippen LogP) is 3.57. The van der Waals surface area contributed by atoms with E-state index in [1.807, 2.05) is 37.3 Å². The molecule has 0 saturated heterocycles. The zero-order chi connectivity index (χ0) is 19.8. The molecule has 1 N–H and O–H groups in total. The van der Waals surface area contributed by atoms with Gasteiger partial charge in [0.1, 0.15) is 5.75 Å². The van der Waals surface area contributed by atoms with Gasteiger partial charge in [0.25, 0.3) is 0 Å². The Hall–Kier alpha value is -2.54. The van der Waals surface area contributed by atoms with E-state index in [9.17, 15) is 13.2 Å². The van der Waals surface area contributed by atoms with Gasteiger partial charge in [-0.3, -0.25) is 4.79 Å². The fourth-order valence-electron chi connectivity index (χ4n) is 3.62. The Morgan fingerprint density at radius 3 is 2.37 bits per heavy atom. The molecule has 3 atom stereocenters. The van der Waals surface area contributed by atoms with Crippen LogP contribution in [0.4, 0.5) is 11.4 Å². The maximum Gasteiger partial charge on any atom is 0.306 e. The van der Waals surface area contributed by atoms with E-state index in [1.54, 1.807) is 30.0 Å². The Morgan fingerprint density at radius 2 is 1.78 bits per heavy atom. The molecule has 0 unspecified atom stereocenters. The number of anilines is 2. The van der Waals surface area contributed by atoms with Crippen LogP contribution in [0.15, 0.2) is 48.5 Å². The van der Waals surface area contributed by atoms with Gasteiger partial charge in [0.15, 0.2) is 0 Å². The molecule has 0 saturated carbocycles. The second-order valence-corrected chi connectivity index (χ2v) is 8.56. The van der Waals surface area contributed by atoms with Gasteiger partial charge in [-0.1, -0.05) is 25.1 Å². The van der Waals surface area contributed by atoms with E-state index in [4.69, 9.17) is 4.18 Å². The molecule has 0 bridgehead atoms. The predicted molar refractivity (Wildman–Crippen MR) is 107 cm³/mol. The standard InChI is InChI=1S/C20H24N2O4S/c1-13-14(2)22(15(3)23)19-11-10-17(26-27(4,24)25)12-18(19)20(13)21-16-8-6-5-7-9-16/h5-14,20-21H,1-4H3/t13-,14-,20+/m0/s1. The molecule has 6 nitrogen and oxygen atoms in total. The van der Waals surface area contributed by atoms with E-state index < -0.39 is 10.1 Å². The Bertz CT molecular complexity index is 944. The lowest BCUT2D eigenvalue weighted by molar-refractivity contribution is -0.117. The van der Waals surface area contributed by atoms with Crippen LogP contribution in [-0.4, -0.2) is 26.6 Å². The summed E-state index contributed by atoms with van der Waals surface area (Å²) in [6.45, 7) is 5.64. The quantitative estimate of drug-likeness (QED) is 0.811. The van der Waals surface area contributed by atoms with Crippen LogP contribution in [0.25, 0.3) is 0 Å². The topological polar surface area (TPSA) is 75.7 Å². The number of benzene rings is 2. The minimum absolute atomic E-state index is 0.0158. The number of hydrogen-bond acceptors (Lipinski definition) is 5. The second kappa shape index (κ2) is 7.23. The number of carbonyl (C=O) groups is 1. The largest absolute Gasteiger partial charge is 0.383 e. The van der Waals surface area contributed by atoms with Crippen LogP contribution >= 0.6 is 0 Å². The number of para-hydroxylation sites is 1. The summed E-state index contributed by atoms with van der Waals surface area (Å²) in [5, 5.41) is 3.52. The number of amides is 1. The first-order valence-electron chi connectivity index (χ1n) is 8.82. The van der Waals surface area contributed by atoms with Crippen molar-refractivity contribution in [3.8, 4) is 5.75 Å². The highest BCUT2D eigenvalue weighted by Crippen LogP contribution is 2.44. The van der Waals surface area contributed by atoms with Gasteiger partial charge in [-0.2, -0.15) is 8.42 Å². The second-order valence-electron chi connectivity index (χ2n) is 6.98. The van der Waals surface area contributed by atoms with Gasteiger partial charge in [-0.15, -0.1) is 0 Å². The van der Waals surface area contributed by atoms with Gasteiger partial charge < -0.3 is 14.4 Å². The van der Waals surface area contributed by atoms with E-state index in [1.165, 1.54) is 0 Å².